The van der Waals surface area contributed by atoms with E-state index in [-0.39, 0.29) is 16.7 Å². The van der Waals surface area contributed by atoms with Crippen molar-refractivity contribution in [2.45, 2.75) is 25.3 Å². The molecule has 1 aliphatic carbocycles. The molecule has 0 spiro atoms. The molecule has 0 radical (unpaired) electrons. The van der Waals surface area contributed by atoms with Crippen LogP contribution in [0.5, 0.6) is 5.75 Å². The van der Waals surface area contributed by atoms with E-state index in [0.29, 0.717) is 17.6 Å². The van der Waals surface area contributed by atoms with Gasteiger partial charge in [-0.25, -0.2) is 0 Å². The van der Waals surface area contributed by atoms with Crippen LogP contribution in [0.15, 0.2) is 48.6 Å². The molecule has 0 saturated carbocycles. The molecule has 128 valence electrons. The molecule has 0 fully saturated rings. The predicted octanol–water partition coefficient (Wildman–Crippen LogP) is 4.74. The SMILES string of the molecule is COc1ccc([C@H]2Nc3c(C)cccc3[C@@H]3C=CC[C@@H]23)cc1[N+](=O)[O-]. The van der Waals surface area contributed by atoms with E-state index in [1.165, 1.54) is 18.2 Å². The third kappa shape index (κ3) is 2.47. The average Bonchev–Trinajstić information content (AvgIpc) is 3.11. The van der Waals surface area contributed by atoms with Gasteiger partial charge < -0.3 is 10.1 Å². The lowest BCUT2D eigenvalue weighted by atomic mass is 9.76. The average molecular weight is 336 g/mol. The second-order valence-corrected chi connectivity index (χ2v) is 6.70. The maximum Gasteiger partial charge on any atom is 0.311 e. The number of nitro benzene ring substituents is 1. The van der Waals surface area contributed by atoms with E-state index in [9.17, 15) is 10.1 Å². The molecule has 0 unspecified atom stereocenters. The summed E-state index contributed by atoms with van der Waals surface area (Å²) in [7, 11) is 1.46. The molecule has 2 aromatic carbocycles. The quantitative estimate of drug-likeness (QED) is 0.499. The van der Waals surface area contributed by atoms with Crippen LogP contribution in [0.1, 0.15) is 35.1 Å². The van der Waals surface area contributed by atoms with Gasteiger partial charge in [0.15, 0.2) is 5.75 Å². The van der Waals surface area contributed by atoms with E-state index in [1.54, 1.807) is 12.1 Å². The van der Waals surface area contributed by atoms with Crippen molar-refractivity contribution in [3.63, 3.8) is 0 Å². The number of benzene rings is 2. The molecule has 0 amide bonds. The van der Waals surface area contributed by atoms with Crippen LogP contribution >= 0.6 is 0 Å². The minimum Gasteiger partial charge on any atom is -0.490 e. The Morgan fingerprint density at radius 3 is 2.88 bits per heavy atom. The Bertz CT molecular complexity index is 875. The summed E-state index contributed by atoms with van der Waals surface area (Å²) >= 11 is 0. The standard InChI is InChI=1S/C20H20N2O3/c1-12-5-3-7-15-14-6-4-8-16(14)20(21-19(12)15)13-9-10-18(25-2)17(11-13)22(23)24/h3-7,9-11,14,16,20-21H,8H2,1-2H3/t14-,16+,20+/m0/s1. The molecule has 1 heterocycles. The number of nitro groups is 1. The molecule has 1 aliphatic heterocycles. The maximum atomic E-state index is 11.4. The molecule has 2 aromatic rings. The highest BCUT2D eigenvalue weighted by atomic mass is 16.6. The van der Waals surface area contributed by atoms with Gasteiger partial charge in [0.05, 0.1) is 18.1 Å². The summed E-state index contributed by atoms with van der Waals surface area (Å²) in [4.78, 5) is 11.0. The number of anilines is 1. The molecular formula is C20H20N2O3. The van der Waals surface area contributed by atoms with Gasteiger partial charge in [-0.05, 0) is 42.0 Å². The number of nitrogens with one attached hydrogen (secondary N) is 1. The molecule has 1 N–H and O–H groups in total. The number of ether oxygens (including phenoxy) is 1. The highest BCUT2D eigenvalue weighted by molar-refractivity contribution is 5.64. The molecule has 0 aromatic heterocycles. The molecular weight excluding hydrogens is 316 g/mol. The number of fused-ring (bicyclic) bond motifs is 3. The van der Waals surface area contributed by atoms with Gasteiger partial charge in [0, 0.05) is 17.7 Å². The summed E-state index contributed by atoms with van der Waals surface area (Å²) < 4.78 is 5.14. The Morgan fingerprint density at radius 2 is 2.12 bits per heavy atom. The van der Waals surface area contributed by atoms with E-state index in [0.717, 1.165) is 17.7 Å². The number of nitrogens with zero attached hydrogens (tertiary/aromatic N) is 1. The fraction of sp³-hybridized carbons (Fsp3) is 0.300. The van der Waals surface area contributed by atoms with Gasteiger partial charge in [-0.15, -0.1) is 0 Å². The molecule has 2 aliphatic rings. The van der Waals surface area contributed by atoms with Gasteiger partial charge in [-0.1, -0.05) is 36.4 Å². The molecule has 5 nitrogen and oxygen atoms in total. The monoisotopic (exact) mass is 336 g/mol. The number of rotatable bonds is 3. The zero-order chi connectivity index (χ0) is 17.6. The van der Waals surface area contributed by atoms with Gasteiger partial charge in [0.25, 0.3) is 0 Å². The summed E-state index contributed by atoms with van der Waals surface area (Å²) in [6.07, 6.45) is 5.46. The second kappa shape index (κ2) is 5.92. The van der Waals surface area contributed by atoms with Crippen molar-refractivity contribution in [3.8, 4) is 5.75 Å². The Kier molecular flexibility index (Phi) is 3.71. The molecule has 5 heteroatoms. The zero-order valence-corrected chi connectivity index (χ0v) is 14.2. The third-order valence-corrected chi connectivity index (χ3v) is 5.36. The summed E-state index contributed by atoms with van der Waals surface area (Å²) in [5.74, 6) is 1.01. The number of para-hydroxylation sites is 1. The Hall–Kier alpha value is -2.82. The second-order valence-electron chi connectivity index (χ2n) is 6.70. The van der Waals surface area contributed by atoms with E-state index < -0.39 is 0 Å². The lowest BCUT2D eigenvalue weighted by Crippen LogP contribution is -2.29. The minimum atomic E-state index is -0.380. The Labute approximate surface area is 146 Å². The van der Waals surface area contributed by atoms with E-state index in [4.69, 9.17) is 4.74 Å². The van der Waals surface area contributed by atoms with Gasteiger partial charge in [-0.3, -0.25) is 10.1 Å². The van der Waals surface area contributed by atoms with Gasteiger partial charge >= 0.3 is 5.69 Å². The molecule has 0 bridgehead atoms. The fourth-order valence-electron chi connectivity index (χ4n) is 4.15. The molecule has 4 rings (SSSR count). The van der Waals surface area contributed by atoms with Crippen molar-refractivity contribution in [1.82, 2.24) is 0 Å². The van der Waals surface area contributed by atoms with Crippen molar-refractivity contribution in [3.05, 3.63) is 75.4 Å². The molecule has 25 heavy (non-hydrogen) atoms. The fourth-order valence-corrected chi connectivity index (χ4v) is 4.15. The van der Waals surface area contributed by atoms with E-state index in [1.807, 2.05) is 6.07 Å². The molecule has 3 atom stereocenters. The van der Waals surface area contributed by atoms with Crippen molar-refractivity contribution in [1.29, 1.82) is 0 Å². The number of aryl methyl sites for hydroxylation is 1. The first kappa shape index (κ1) is 15.7. The number of methoxy groups -OCH3 is 1. The smallest absolute Gasteiger partial charge is 0.311 e. The van der Waals surface area contributed by atoms with Crippen LogP contribution in [0.2, 0.25) is 0 Å². The zero-order valence-electron chi connectivity index (χ0n) is 14.2. The van der Waals surface area contributed by atoms with Crippen LogP contribution in [0, 0.1) is 23.0 Å². The van der Waals surface area contributed by atoms with Crippen LogP contribution < -0.4 is 10.1 Å². The number of hydrogen-bond donors (Lipinski definition) is 1. The number of hydrogen-bond acceptors (Lipinski definition) is 4. The Balaban J connectivity index is 1.80. The van der Waals surface area contributed by atoms with Crippen LogP contribution in [0.4, 0.5) is 11.4 Å². The van der Waals surface area contributed by atoms with Crippen LogP contribution in [-0.4, -0.2) is 12.0 Å². The summed E-state index contributed by atoms with van der Waals surface area (Å²) in [6.45, 7) is 2.10. The first-order valence-corrected chi connectivity index (χ1v) is 8.45. The predicted molar refractivity (Wildman–Crippen MR) is 97.2 cm³/mol. The number of allylic oxidation sites excluding steroid dienone is 2. The summed E-state index contributed by atoms with van der Waals surface area (Å²) in [5, 5.41) is 15.0. The van der Waals surface area contributed by atoms with Crippen molar-refractivity contribution < 1.29 is 9.66 Å². The molecule has 0 saturated heterocycles. The van der Waals surface area contributed by atoms with Crippen LogP contribution in [-0.2, 0) is 0 Å². The summed E-state index contributed by atoms with van der Waals surface area (Å²) in [5.41, 5.74) is 4.61. The van der Waals surface area contributed by atoms with E-state index in [2.05, 4.69) is 42.6 Å². The topological polar surface area (TPSA) is 64.4 Å². The largest absolute Gasteiger partial charge is 0.490 e. The first-order chi connectivity index (χ1) is 12.1. The van der Waals surface area contributed by atoms with Crippen molar-refractivity contribution >= 4 is 11.4 Å². The summed E-state index contributed by atoms with van der Waals surface area (Å²) in [6, 6.07) is 11.7. The van der Waals surface area contributed by atoms with Gasteiger partial charge in [0.1, 0.15) is 0 Å². The normalized spacial score (nSPS) is 23.5. The Morgan fingerprint density at radius 1 is 1.28 bits per heavy atom. The van der Waals surface area contributed by atoms with Crippen molar-refractivity contribution in [2.75, 3.05) is 12.4 Å². The van der Waals surface area contributed by atoms with E-state index >= 15 is 0 Å². The highest BCUT2D eigenvalue weighted by Gasteiger charge is 2.38. The van der Waals surface area contributed by atoms with Gasteiger partial charge in [0.2, 0.25) is 0 Å². The minimum absolute atomic E-state index is 0.0138. The lowest BCUT2D eigenvalue weighted by Gasteiger charge is -2.38. The van der Waals surface area contributed by atoms with Crippen LogP contribution in [0.25, 0.3) is 0 Å². The lowest BCUT2D eigenvalue weighted by molar-refractivity contribution is -0.385. The van der Waals surface area contributed by atoms with Gasteiger partial charge in [-0.2, -0.15) is 0 Å². The van der Waals surface area contributed by atoms with Crippen molar-refractivity contribution in [2.24, 2.45) is 5.92 Å². The van der Waals surface area contributed by atoms with Crippen LogP contribution in [0.3, 0.4) is 0 Å². The first-order valence-electron chi connectivity index (χ1n) is 8.45. The maximum absolute atomic E-state index is 11.4. The highest BCUT2D eigenvalue weighted by Crippen LogP contribution is 2.51. The third-order valence-electron chi connectivity index (χ3n) is 5.36.